The Hall–Kier alpha value is -2.57. The number of ether oxygens (including phenoxy) is 1. The number of hydrogen-bond acceptors (Lipinski definition) is 5. The highest BCUT2D eigenvalue weighted by Gasteiger charge is 2.42. The minimum atomic E-state index is -0.448. The molecule has 1 unspecified atom stereocenters. The molecule has 2 aromatic carbocycles. The van der Waals surface area contributed by atoms with Gasteiger partial charge in [-0.1, -0.05) is 24.3 Å². The van der Waals surface area contributed by atoms with Crippen LogP contribution in [0.3, 0.4) is 0 Å². The molecule has 0 bridgehead atoms. The zero-order valence-electron chi connectivity index (χ0n) is 15.8. The molecule has 0 spiro atoms. The van der Waals surface area contributed by atoms with Crippen molar-refractivity contribution in [2.45, 2.75) is 17.4 Å². The fourth-order valence-corrected chi connectivity index (χ4v) is 4.12. The first-order chi connectivity index (χ1) is 13.7. The minimum absolute atomic E-state index is 0.140. The van der Waals surface area contributed by atoms with E-state index in [0.717, 1.165) is 10.5 Å². The highest BCUT2D eigenvalue weighted by Crippen LogP contribution is 2.38. The van der Waals surface area contributed by atoms with Gasteiger partial charge < -0.3 is 14.1 Å². The van der Waals surface area contributed by atoms with Crippen LogP contribution in [0.4, 0.5) is 0 Å². The third-order valence-electron chi connectivity index (χ3n) is 5.05. The Morgan fingerprint density at radius 3 is 2.57 bits per heavy atom. The monoisotopic (exact) mass is 395 g/mol. The molecular formula is C22H21NO4S. The van der Waals surface area contributed by atoms with Crippen LogP contribution >= 0.6 is 11.8 Å². The average molecular weight is 395 g/mol. The van der Waals surface area contributed by atoms with Crippen molar-refractivity contribution in [2.75, 3.05) is 26.5 Å². The molecule has 0 radical (unpaired) electrons. The largest absolute Gasteiger partial charge is 0.450 e. The quantitative estimate of drug-likeness (QED) is 0.465. The van der Waals surface area contributed by atoms with Crippen molar-refractivity contribution in [3.63, 3.8) is 0 Å². The summed E-state index contributed by atoms with van der Waals surface area (Å²) in [4.78, 5) is 29.3. The van der Waals surface area contributed by atoms with Crippen LogP contribution in [0, 0.1) is 0 Å². The van der Waals surface area contributed by atoms with Crippen molar-refractivity contribution >= 4 is 28.6 Å². The molecule has 144 valence electrons. The summed E-state index contributed by atoms with van der Waals surface area (Å²) in [5, 5.41) is 0.499. The molecule has 1 aliphatic rings. The highest BCUT2D eigenvalue weighted by atomic mass is 32.2. The summed E-state index contributed by atoms with van der Waals surface area (Å²) in [5.74, 6) is -0.0899. The molecule has 0 saturated heterocycles. The van der Waals surface area contributed by atoms with Gasteiger partial charge in [0.15, 0.2) is 5.43 Å². The van der Waals surface area contributed by atoms with Crippen LogP contribution in [0.2, 0.25) is 0 Å². The molecule has 28 heavy (non-hydrogen) atoms. The number of carbonyl (C=O) groups excluding carboxylic acids is 1. The number of thioether (sulfide) groups is 1. The number of carbonyl (C=O) groups is 1. The summed E-state index contributed by atoms with van der Waals surface area (Å²) in [6.45, 7) is 1.03. The Bertz CT molecular complexity index is 1070. The molecule has 6 heteroatoms. The number of benzene rings is 2. The second kappa shape index (κ2) is 7.81. The van der Waals surface area contributed by atoms with Gasteiger partial charge in [0.05, 0.1) is 17.0 Å². The summed E-state index contributed by atoms with van der Waals surface area (Å²) in [5.41, 5.74) is 1.64. The zero-order chi connectivity index (χ0) is 19.7. The lowest BCUT2D eigenvalue weighted by Gasteiger charge is -2.25. The maximum absolute atomic E-state index is 13.3. The molecule has 0 N–H and O–H groups in total. The lowest BCUT2D eigenvalue weighted by molar-refractivity contribution is 0.0708. The van der Waals surface area contributed by atoms with Gasteiger partial charge in [-0.3, -0.25) is 9.59 Å². The van der Waals surface area contributed by atoms with Crippen molar-refractivity contribution < 1.29 is 13.9 Å². The van der Waals surface area contributed by atoms with Gasteiger partial charge in [-0.25, -0.2) is 0 Å². The molecule has 2 heterocycles. The van der Waals surface area contributed by atoms with E-state index >= 15 is 0 Å². The first-order valence-corrected chi connectivity index (χ1v) is 10.4. The van der Waals surface area contributed by atoms with E-state index < -0.39 is 6.04 Å². The third-order valence-corrected chi connectivity index (χ3v) is 5.80. The fraction of sp³-hybridized carbons (Fsp3) is 0.273. The van der Waals surface area contributed by atoms with Gasteiger partial charge in [-0.2, -0.15) is 0 Å². The maximum Gasteiger partial charge on any atom is 0.290 e. The van der Waals surface area contributed by atoms with E-state index in [2.05, 4.69) is 0 Å². The molecule has 0 aliphatic carbocycles. The molecule has 0 fully saturated rings. The number of fused-ring (bicyclic) bond motifs is 2. The normalized spacial score (nSPS) is 16.0. The number of para-hydroxylation sites is 1. The molecular weight excluding hydrogens is 374 g/mol. The number of hydrogen-bond donors (Lipinski definition) is 0. The summed E-state index contributed by atoms with van der Waals surface area (Å²) in [6, 6.07) is 14.6. The van der Waals surface area contributed by atoms with Crippen LogP contribution in [-0.2, 0) is 4.74 Å². The Morgan fingerprint density at radius 2 is 1.86 bits per heavy atom. The number of amides is 1. The van der Waals surface area contributed by atoms with Gasteiger partial charge in [0, 0.05) is 25.2 Å². The van der Waals surface area contributed by atoms with Crippen LogP contribution in [0.5, 0.6) is 0 Å². The summed E-state index contributed by atoms with van der Waals surface area (Å²) < 4.78 is 11.1. The van der Waals surface area contributed by atoms with Crippen LogP contribution in [0.25, 0.3) is 11.0 Å². The number of rotatable bonds is 6. The van der Waals surface area contributed by atoms with E-state index in [0.29, 0.717) is 36.1 Å². The topological polar surface area (TPSA) is 59.8 Å². The van der Waals surface area contributed by atoms with E-state index in [9.17, 15) is 9.59 Å². The van der Waals surface area contributed by atoms with Crippen molar-refractivity contribution in [3.8, 4) is 0 Å². The molecule has 1 aromatic heterocycles. The summed E-state index contributed by atoms with van der Waals surface area (Å²) >= 11 is 1.65. The van der Waals surface area contributed by atoms with Crippen LogP contribution in [0.1, 0.15) is 34.1 Å². The fourth-order valence-electron chi connectivity index (χ4n) is 3.71. The average Bonchev–Trinajstić information content (AvgIpc) is 3.01. The molecule has 4 rings (SSSR count). The lowest BCUT2D eigenvalue weighted by atomic mass is 9.98. The molecule has 0 saturated carbocycles. The summed E-state index contributed by atoms with van der Waals surface area (Å²) in [7, 11) is 1.64. The van der Waals surface area contributed by atoms with E-state index in [4.69, 9.17) is 9.15 Å². The van der Waals surface area contributed by atoms with Crippen LogP contribution in [0.15, 0.2) is 62.6 Å². The molecule has 1 amide bonds. The number of methoxy groups -OCH3 is 1. The smallest absolute Gasteiger partial charge is 0.290 e. The first-order valence-electron chi connectivity index (χ1n) is 9.15. The summed E-state index contributed by atoms with van der Waals surface area (Å²) in [6.07, 6.45) is 2.70. The van der Waals surface area contributed by atoms with E-state index in [-0.39, 0.29) is 17.1 Å². The highest BCUT2D eigenvalue weighted by molar-refractivity contribution is 7.98. The minimum Gasteiger partial charge on any atom is -0.450 e. The second-order valence-electron chi connectivity index (χ2n) is 6.69. The van der Waals surface area contributed by atoms with Crippen molar-refractivity contribution in [1.29, 1.82) is 0 Å². The van der Waals surface area contributed by atoms with Crippen LogP contribution < -0.4 is 5.43 Å². The van der Waals surface area contributed by atoms with Gasteiger partial charge in [-0.05, 0) is 42.5 Å². The zero-order valence-corrected chi connectivity index (χ0v) is 16.6. The van der Waals surface area contributed by atoms with Gasteiger partial charge in [0.1, 0.15) is 5.58 Å². The van der Waals surface area contributed by atoms with E-state index in [1.54, 1.807) is 48.0 Å². The van der Waals surface area contributed by atoms with Crippen molar-refractivity contribution in [3.05, 3.63) is 75.6 Å². The maximum atomic E-state index is 13.3. The SMILES string of the molecule is COCCCN1C(=O)c2oc3ccccc3c(=O)c2C1c1ccc(SC)cc1. The van der Waals surface area contributed by atoms with Gasteiger partial charge >= 0.3 is 0 Å². The van der Waals surface area contributed by atoms with Gasteiger partial charge in [0.25, 0.3) is 5.91 Å². The van der Waals surface area contributed by atoms with E-state index in [1.165, 1.54) is 0 Å². The van der Waals surface area contributed by atoms with Crippen molar-refractivity contribution in [1.82, 2.24) is 4.90 Å². The lowest BCUT2D eigenvalue weighted by Crippen LogP contribution is -2.31. The Labute approximate surface area is 167 Å². The third kappa shape index (κ3) is 3.12. The second-order valence-corrected chi connectivity index (χ2v) is 7.57. The molecule has 1 aliphatic heterocycles. The number of nitrogens with zero attached hydrogens (tertiary/aromatic N) is 1. The predicted octanol–water partition coefficient (Wildman–Crippen LogP) is 4.10. The Morgan fingerprint density at radius 1 is 1.11 bits per heavy atom. The van der Waals surface area contributed by atoms with Crippen LogP contribution in [-0.4, -0.2) is 37.3 Å². The Kier molecular flexibility index (Phi) is 5.24. The predicted molar refractivity (Wildman–Crippen MR) is 110 cm³/mol. The van der Waals surface area contributed by atoms with Gasteiger partial charge in [0.2, 0.25) is 5.76 Å². The van der Waals surface area contributed by atoms with E-state index in [1.807, 2.05) is 30.5 Å². The molecule has 3 aromatic rings. The molecule has 1 atom stereocenters. The first kappa shape index (κ1) is 18.8. The standard InChI is InChI=1S/C22H21NO4S/c1-26-13-5-12-23-19(14-8-10-15(28-2)11-9-14)18-20(24)16-6-3-4-7-17(16)27-21(18)22(23)25/h3-4,6-11,19H,5,12-13H2,1-2H3. The Balaban J connectivity index is 1.88. The molecule has 5 nitrogen and oxygen atoms in total. The van der Waals surface area contributed by atoms with Gasteiger partial charge in [-0.15, -0.1) is 11.8 Å². The van der Waals surface area contributed by atoms with Crippen molar-refractivity contribution in [2.24, 2.45) is 0 Å².